The largest absolute Gasteiger partial charge is 0.388 e. The number of rotatable bonds is 6. The Kier molecular flexibility index (Phi) is 5.73. The first kappa shape index (κ1) is 13.9. The summed E-state index contributed by atoms with van der Waals surface area (Å²) < 4.78 is 11.3. The molecule has 0 saturated heterocycles. The fourth-order valence-electron chi connectivity index (χ4n) is 2.45. The molecule has 0 bridgehead atoms. The van der Waals surface area contributed by atoms with Crippen molar-refractivity contribution in [3.05, 3.63) is 0 Å². The normalized spacial score (nSPS) is 22.3. The maximum atomic E-state index is 10.3. The van der Waals surface area contributed by atoms with Crippen molar-refractivity contribution in [2.24, 2.45) is 0 Å². The summed E-state index contributed by atoms with van der Waals surface area (Å²) in [6.45, 7) is 7.02. The molecule has 0 heterocycles. The third kappa shape index (κ3) is 3.72. The molecule has 3 nitrogen and oxygen atoms in total. The quantitative estimate of drug-likeness (QED) is 0.762. The van der Waals surface area contributed by atoms with Crippen LogP contribution in [0, 0.1) is 0 Å². The van der Waals surface area contributed by atoms with Gasteiger partial charge < -0.3 is 14.6 Å². The minimum absolute atomic E-state index is 0.164. The smallest absolute Gasteiger partial charge is 0.106 e. The zero-order valence-corrected chi connectivity index (χ0v) is 10.9. The van der Waals surface area contributed by atoms with Crippen molar-refractivity contribution in [3.8, 4) is 0 Å². The van der Waals surface area contributed by atoms with Gasteiger partial charge in [-0.2, -0.15) is 0 Å². The lowest BCUT2D eigenvalue weighted by Crippen LogP contribution is -2.49. The van der Waals surface area contributed by atoms with Crippen LogP contribution in [0.1, 0.15) is 52.9 Å². The Morgan fingerprint density at radius 2 is 1.81 bits per heavy atom. The van der Waals surface area contributed by atoms with E-state index in [9.17, 15) is 5.11 Å². The molecule has 96 valence electrons. The first-order chi connectivity index (χ1) is 7.60. The van der Waals surface area contributed by atoms with Crippen LogP contribution in [0.2, 0.25) is 0 Å². The summed E-state index contributed by atoms with van der Waals surface area (Å²) >= 11 is 0. The summed E-state index contributed by atoms with van der Waals surface area (Å²) in [4.78, 5) is 0. The van der Waals surface area contributed by atoms with Gasteiger partial charge in [0.05, 0.1) is 18.3 Å². The highest BCUT2D eigenvalue weighted by atomic mass is 16.5. The second kappa shape index (κ2) is 6.58. The monoisotopic (exact) mass is 230 g/mol. The molecule has 0 radical (unpaired) electrons. The lowest BCUT2D eigenvalue weighted by molar-refractivity contribution is -0.161. The van der Waals surface area contributed by atoms with Crippen molar-refractivity contribution >= 4 is 0 Å². The topological polar surface area (TPSA) is 38.7 Å². The van der Waals surface area contributed by atoms with Crippen molar-refractivity contribution in [1.29, 1.82) is 0 Å². The fourth-order valence-corrected chi connectivity index (χ4v) is 2.45. The predicted molar refractivity (Wildman–Crippen MR) is 64.5 cm³/mol. The van der Waals surface area contributed by atoms with Gasteiger partial charge in [-0.3, -0.25) is 0 Å². The van der Waals surface area contributed by atoms with Crippen LogP contribution in [-0.4, -0.2) is 36.1 Å². The van der Waals surface area contributed by atoms with Gasteiger partial charge in [0, 0.05) is 6.61 Å². The molecular formula is C13H26O3. The van der Waals surface area contributed by atoms with E-state index in [1.165, 1.54) is 6.42 Å². The molecule has 1 atom stereocenters. The van der Waals surface area contributed by atoms with Crippen LogP contribution in [0.4, 0.5) is 0 Å². The average Bonchev–Trinajstić information content (AvgIpc) is 2.27. The molecule has 0 aromatic rings. The molecule has 0 amide bonds. The van der Waals surface area contributed by atoms with Crippen LogP contribution in [-0.2, 0) is 9.47 Å². The van der Waals surface area contributed by atoms with Crippen molar-refractivity contribution in [2.45, 2.75) is 70.7 Å². The molecule has 1 unspecified atom stereocenters. The average molecular weight is 230 g/mol. The van der Waals surface area contributed by atoms with Gasteiger partial charge in [-0.15, -0.1) is 0 Å². The minimum Gasteiger partial charge on any atom is -0.388 e. The first-order valence-corrected chi connectivity index (χ1v) is 6.54. The predicted octanol–water partition coefficient (Wildman–Crippen LogP) is 2.51. The van der Waals surface area contributed by atoms with E-state index in [0.717, 1.165) is 25.7 Å². The lowest BCUT2D eigenvalue weighted by atomic mass is 9.80. The van der Waals surface area contributed by atoms with Crippen molar-refractivity contribution in [3.63, 3.8) is 0 Å². The van der Waals surface area contributed by atoms with Gasteiger partial charge in [0.2, 0.25) is 0 Å². The van der Waals surface area contributed by atoms with Gasteiger partial charge in [0.25, 0.3) is 0 Å². The summed E-state index contributed by atoms with van der Waals surface area (Å²) in [5, 5.41) is 10.3. The number of aliphatic hydroxyl groups excluding tert-OH is 1. The van der Waals surface area contributed by atoms with Crippen LogP contribution >= 0.6 is 0 Å². The van der Waals surface area contributed by atoms with E-state index in [4.69, 9.17) is 9.47 Å². The van der Waals surface area contributed by atoms with E-state index in [-0.39, 0.29) is 11.7 Å². The number of hydrogen-bond donors (Lipinski definition) is 1. The molecule has 0 aliphatic heterocycles. The number of hydrogen-bond acceptors (Lipinski definition) is 3. The Morgan fingerprint density at radius 1 is 1.19 bits per heavy atom. The van der Waals surface area contributed by atoms with E-state index >= 15 is 0 Å². The second-order valence-electron chi connectivity index (χ2n) is 4.96. The van der Waals surface area contributed by atoms with Crippen LogP contribution in [0.25, 0.3) is 0 Å². The standard InChI is InChI=1S/C13H26O3/c1-4-16-13(8-6-5-7-9-13)12(14)10-15-11(2)3/h11-12,14H,4-10H2,1-3H3. The molecule has 1 N–H and O–H groups in total. The minimum atomic E-state index is -0.491. The van der Waals surface area contributed by atoms with Gasteiger partial charge in [-0.05, 0) is 33.6 Å². The molecule has 1 rings (SSSR count). The molecule has 0 spiro atoms. The first-order valence-electron chi connectivity index (χ1n) is 6.54. The Morgan fingerprint density at radius 3 is 2.31 bits per heavy atom. The third-order valence-corrected chi connectivity index (χ3v) is 3.33. The van der Waals surface area contributed by atoms with Crippen molar-refractivity contribution in [1.82, 2.24) is 0 Å². The Bertz CT molecular complexity index is 180. The van der Waals surface area contributed by atoms with Gasteiger partial charge in [0.15, 0.2) is 0 Å². The Hall–Kier alpha value is -0.120. The maximum Gasteiger partial charge on any atom is 0.106 e. The molecule has 0 aromatic heterocycles. The maximum absolute atomic E-state index is 10.3. The highest BCUT2D eigenvalue weighted by Crippen LogP contribution is 2.34. The number of ether oxygens (including phenoxy) is 2. The van der Waals surface area contributed by atoms with Crippen LogP contribution in [0.3, 0.4) is 0 Å². The second-order valence-corrected chi connectivity index (χ2v) is 4.96. The highest BCUT2D eigenvalue weighted by Gasteiger charge is 2.39. The van der Waals surface area contributed by atoms with Crippen LogP contribution in [0.15, 0.2) is 0 Å². The summed E-state index contributed by atoms with van der Waals surface area (Å²) in [5.41, 5.74) is -0.345. The van der Waals surface area contributed by atoms with E-state index < -0.39 is 6.10 Å². The molecule has 1 aliphatic rings. The van der Waals surface area contributed by atoms with E-state index in [2.05, 4.69) is 0 Å². The van der Waals surface area contributed by atoms with Gasteiger partial charge in [-0.25, -0.2) is 0 Å². The van der Waals surface area contributed by atoms with Gasteiger partial charge in [-0.1, -0.05) is 19.3 Å². The SMILES string of the molecule is CCOC1(C(O)COC(C)C)CCCCC1. The molecule has 16 heavy (non-hydrogen) atoms. The number of aliphatic hydroxyl groups is 1. The van der Waals surface area contributed by atoms with E-state index in [1.54, 1.807) is 0 Å². The molecule has 1 aliphatic carbocycles. The lowest BCUT2D eigenvalue weighted by Gasteiger charge is -2.40. The molecule has 1 fully saturated rings. The molecule has 1 saturated carbocycles. The summed E-state index contributed by atoms with van der Waals surface area (Å²) in [5.74, 6) is 0. The third-order valence-electron chi connectivity index (χ3n) is 3.33. The van der Waals surface area contributed by atoms with E-state index in [1.807, 2.05) is 20.8 Å². The molecule has 0 aromatic carbocycles. The zero-order chi connectivity index (χ0) is 12.0. The van der Waals surface area contributed by atoms with Gasteiger partial charge >= 0.3 is 0 Å². The Balaban J connectivity index is 2.53. The Labute approximate surface area is 99.1 Å². The van der Waals surface area contributed by atoms with Crippen molar-refractivity contribution in [2.75, 3.05) is 13.2 Å². The fraction of sp³-hybridized carbons (Fsp3) is 1.00. The van der Waals surface area contributed by atoms with Crippen molar-refractivity contribution < 1.29 is 14.6 Å². The molecular weight excluding hydrogens is 204 g/mol. The zero-order valence-electron chi connectivity index (χ0n) is 10.9. The summed E-state index contributed by atoms with van der Waals surface area (Å²) in [7, 11) is 0. The van der Waals surface area contributed by atoms with Gasteiger partial charge in [0.1, 0.15) is 6.10 Å². The summed E-state index contributed by atoms with van der Waals surface area (Å²) in [6.07, 6.45) is 5.16. The highest BCUT2D eigenvalue weighted by molar-refractivity contribution is 4.91. The molecule has 3 heteroatoms. The van der Waals surface area contributed by atoms with Crippen LogP contribution in [0.5, 0.6) is 0 Å². The summed E-state index contributed by atoms with van der Waals surface area (Å²) in [6, 6.07) is 0. The van der Waals surface area contributed by atoms with Crippen LogP contribution < -0.4 is 0 Å². The van der Waals surface area contributed by atoms with E-state index in [0.29, 0.717) is 13.2 Å².